The minimum absolute atomic E-state index is 0.376. The molecule has 0 saturated heterocycles. The van der Waals surface area contributed by atoms with Crippen LogP contribution in [0.2, 0.25) is 0 Å². The van der Waals surface area contributed by atoms with Crippen LogP contribution in [0.15, 0.2) is 42.5 Å². The Morgan fingerprint density at radius 1 is 0.833 bits per heavy atom. The Kier molecular flexibility index (Phi) is 6.82. The van der Waals surface area contributed by atoms with E-state index in [1.807, 2.05) is 6.07 Å². The van der Waals surface area contributed by atoms with Gasteiger partial charge >= 0.3 is 0 Å². The molecule has 2 aliphatic heterocycles. The number of ether oxygens (including phenoxy) is 2. The van der Waals surface area contributed by atoms with E-state index in [0.29, 0.717) is 13.2 Å². The molecule has 0 atom stereocenters. The van der Waals surface area contributed by atoms with E-state index in [-0.39, 0.29) is 0 Å². The Bertz CT molecular complexity index is 1210. The highest BCUT2D eigenvalue weighted by atomic mass is 17.2. The maximum Gasteiger partial charge on any atom is 0.186 e. The van der Waals surface area contributed by atoms with Crippen molar-refractivity contribution in [3.05, 3.63) is 75.8 Å². The Labute approximate surface area is 213 Å². The number of nitrogens with one attached hydrogen (secondary N) is 2. The molecule has 6 heteroatoms. The molecule has 0 fully saturated rings. The molecule has 0 amide bonds. The molecule has 0 aromatic heterocycles. The van der Waals surface area contributed by atoms with Gasteiger partial charge in [0.05, 0.1) is 6.61 Å². The van der Waals surface area contributed by atoms with Gasteiger partial charge in [-0.2, -0.15) is 0 Å². The number of aryl methyl sites for hydroxylation is 2. The van der Waals surface area contributed by atoms with Crippen LogP contribution < -0.4 is 20.1 Å². The quantitative estimate of drug-likeness (QED) is 0.258. The Hall–Kier alpha value is -3.22. The summed E-state index contributed by atoms with van der Waals surface area (Å²) in [6, 6.07) is 14.7. The molecule has 3 aromatic carbocycles. The van der Waals surface area contributed by atoms with Crippen molar-refractivity contribution in [1.82, 2.24) is 0 Å². The highest BCUT2D eigenvalue weighted by Crippen LogP contribution is 2.56. The van der Waals surface area contributed by atoms with Crippen molar-refractivity contribution in [1.29, 1.82) is 0 Å². The molecule has 2 N–H and O–H groups in total. The standard InChI is InChI=1S/C30H36N2O4/c1-6-9-12-33-22-11-10-21-18-34-36-30(23(21)15-22)24-13-19(4)26(31-7-2)16-28(24)35-29-17-27(32-8-3)20(5)14-25(29)30/h10-11,13-17,31-32H,6-9,12,18H2,1-5H3. The van der Waals surface area contributed by atoms with E-state index in [9.17, 15) is 0 Å². The average Bonchev–Trinajstić information content (AvgIpc) is 2.87. The first-order valence-electron chi connectivity index (χ1n) is 13.0. The van der Waals surface area contributed by atoms with E-state index in [1.165, 1.54) is 0 Å². The second-order valence-electron chi connectivity index (χ2n) is 9.54. The van der Waals surface area contributed by atoms with Gasteiger partial charge in [-0.3, -0.25) is 0 Å². The number of hydrogen-bond donors (Lipinski definition) is 2. The number of unbranched alkanes of at least 4 members (excludes halogenated alkanes) is 1. The van der Waals surface area contributed by atoms with Crippen LogP contribution in [0.1, 0.15) is 67.0 Å². The molecule has 36 heavy (non-hydrogen) atoms. The highest BCUT2D eigenvalue weighted by molar-refractivity contribution is 5.71. The van der Waals surface area contributed by atoms with Crippen molar-refractivity contribution < 1.29 is 19.2 Å². The van der Waals surface area contributed by atoms with E-state index in [0.717, 1.165) is 87.9 Å². The van der Waals surface area contributed by atoms with Crippen molar-refractivity contribution in [2.45, 2.75) is 59.7 Å². The number of hydrogen-bond acceptors (Lipinski definition) is 6. The maximum atomic E-state index is 6.57. The van der Waals surface area contributed by atoms with Crippen molar-refractivity contribution >= 4 is 11.4 Å². The zero-order valence-electron chi connectivity index (χ0n) is 21.9. The smallest absolute Gasteiger partial charge is 0.186 e. The highest BCUT2D eigenvalue weighted by Gasteiger charge is 2.50. The van der Waals surface area contributed by atoms with Crippen molar-refractivity contribution in [3.8, 4) is 17.2 Å². The minimum atomic E-state index is -0.981. The van der Waals surface area contributed by atoms with Gasteiger partial charge in [-0.15, -0.1) is 0 Å². The van der Waals surface area contributed by atoms with Crippen molar-refractivity contribution in [3.63, 3.8) is 0 Å². The van der Waals surface area contributed by atoms with E-state index in [1.54, 1.807) is 0 Å². The van der Waals surface area contributed by atoms with Gasteiger partial charge in [-0.1, -0.05) is 19.4 Å². The molecular formula is C30H36N2O4. The fraction of sp³-hybridized carbons (Fsp3) is 0.400. The van der Waals surface area contributed by atoms with Gasteiger partial charge < -0.3 is 20.1 Å². The molecule has 2 heterocycles. The molecule has 0 saturated carbocycles. The molecule has 0 aliphatic carbocycles. The summed E-state index contributed by atoms with van der Waals surface area (Å²) in [6.07, 6.45) is 2.10. The van der Waals surface area contributed by atoms with Gasteiger partial charge in [-0.05, 0) is 75.1 Å². The molecule has 0 unspecified atom stereocenters. The molecule has 0 radical (unpaired) electrons. The van der Waals surface area contributed by atoms with E-state index in [4.69, 9.17) is 19.2 Å². The normalized spacial score (nSPS) is 14.9. The van der Waals surface area contributed by atoms with Gasteiger partial charge in [0.2, 0.25) is 0 Å². The van der Waals surface area contributed by atoms with Crippen molar-refractivity contribution in [2.75, 3.05) is 30.3 Å². The molecule has 2 aliphatic rings. The molecule has 5 rings (SSSR count). The fourth-order valence-corrected chi connectivity index (χ4v) is 5.16. The van der Waals surface area contributed by atoms with E-state index in [2.05, 4.69) is 81.7 Å². The largest absolute Gasteiger partial charge is 0.494 e. The predicted molar refractivity (Wildman–Crippen MR) is 143 cm³/mol. The van der Waals surface area contributed by atoms with Crippen LogP contribution in [0.4, 0.5) is 11.4 Å². The van der Waals surface area contributed by atoms with Crippen molar-refractivity contribution in [2.24, 2.45) is 0 Å². The van der Waals surface area contributed by atoms with E-state index < -0.39 is 5.60 Å². The fourth-order valence-electron chi connectivity index (χ4n) is 5.16. The van der Waals surface area contributed by atoms with Crippen LogP contribution in [0.25, 0.3) is 0 Å². The third-order valence-electron chi connectivity index (χ3n) is 6.99. The predicted octanol–water partition coefficient (Wildman–Crippen LogP) is 7.21. The number of benzene rings is 3. The lowest BCUT2D eigenvalue weighted by Gasteiger charge is -2.43. The number of rotatable bonds is 8. The molecule has 3 aromatic rings. The Morgan fingerprint density at radius 3 is 2.06 bits per heavy atom. The summed E-state index contributed by atoms with van der Waals surface area (Å²) >= 11 is 0. The third-order valence-corrected chi connectivity index (χ3v) is 6.99. The summed E-state index contributed by atoms with van der Waals surface area (Å²) < 4.78 is 12.7. The molecule has 0 bridgehead atoms. The third kappa shape index (κ3) is 4.08. The summed E-state index contributed by atoms with van der Waals surface area (Å²) in [7, 11) is 0. The molecule has 190 valence electrons. The van der Waals surface area contributed by atoms with Crippen LogP contribution in [-0.4, -0.2) is 19.7 Å². The van der Waals surface area contributed by atoms with Crippen LogP contribution in [0, 0.1) is 13.8 Å². The zero-order valence-corrected chi connectivity index (χ0v) is 21.9. The number of anilines is 2. The van der Waals surface area contributed by atoms with Crippen LogP contribution >= 0.6 is 0 Å². The molecule has 1 spiro atoms. The summed E-state index contributed by atoms with van der Waals surface area (Å²) in [5, 5.41) is 6.91. The first-order valence-corrected chi connectivity index (χ1v) is 13.0. The lowest BCUT2D eigenvalue weighted by molar-refractivity contribution is -0.364. The van der Waals surface area contributed by atoms with Crippen LogP contribution in [0.5, 0.6) is 17.2 Å². The number of fused-ring (bicyclic) bond motifs is 6. The molecule has 6 nitrogen and oxygen atoms in total. The maximum absolute atomic E-state index is 6.57. The van der Waals surface area contributed by atoms with E-state index >= 15 is 0 Å². The molecular weight excluding hydrogens is 452 g/mol. The van der Waals surface area contributed by atoms with Crippen LogP contribution in [0.3, 0.4) is 0 Å². The Morgan fingerprint density at radius 2 is 1.47 bits per heavy atom. The second kappa shape index (κ2) is 10.0. The lowest BCUT2D eigenvalue weighted by atomic mass is 9.75. The summed E-state index contributed by atoms with van der Waals surface area (Å²) in [6.45, 7) is 13.3. The van der Waals surface area contributed by atoms with Gasteiger partial charge in [-0.25, -0.2) is 9.78 Å². The van der Waals surface area contributed by atoms with Gasteiger partial charge in [0.1, 0.15) is 23.9 Å². The summed E-state index contributed by atoms with van der Waals surface area (Å²) in [4.78, 5) is 12.2. The van der Waals surface area contributed by atoms with Gasteiger partial charge in [0.25, 0.3) is 0 Å². The SMILES string of the molecule is CCCCOc1ccc2c(c1)C1(OOC2)c2cc(C)c(NCC)cc2Oc2cc(NCC)c(C)cc21. The summed E-state index contributed by atoms with van der Waals surface area (Å²) in [5.41, 5.74) is 7.30. The van der Waals surface area contributed by atoms with Gasteiger partial charge in [0.15, 0.2) is 5.60 Å². The lowest BCUT2D eigenvalue weighted by Crippen LogP contribution is -2.39. The first kappa shape index (κ1) is 24.5. The second-order valence-corrected chi connectivity index (χ2v) is 9.54. The topological polar surface area (TPSA) is 61.0 Å². The monoisotopic (exact) mass is 488 g/mol. The average molecular weight is 489 g/mol. The first-order chi connectivity index (χ1) is 17.5. The van der Waals surface area contributed by atoms with Crippen LogP contribution in [-0.2, 0) is 22.0 Å². The minimum Gasteiger partial charge on any atom is -0.494 e. The van der Waals surface area contributed by atoms with Gasteiger partial charge in [0, 0.05) is 53.3 Å². The zero-order chi connectivity index (χ0) is 25.3. The summed E-state index contributed by atoms with van der Waals surface area (Å²) in [5.74, 6) is 2.34. The Balaban J connectivity index is 1.76.